The van der Waals surface area contributed by atoms with Crippen molar-refractivity contribution in [2.75, 3.05) is 37.6 Å². The molecular formula is C26H40N2O2. The van der Waals surface area contributed by atoms with Crippen LogP contribution in [0, 0.1) is 5.41 Å². The minimum atomic E-state index is -0.114. The highest BCUT2D eigenvalue weighted by molar-refractivity contribution is 5.79. The highest BCUT2D eigenvalue weighted by Crippen LogP contribution is 2.48. The third kappa shape index (κ3) is 4.26. The van der Waals surface area contributed by atoms with Crippen molar-refractivity contribution in [3.05, 3.63) is 29.3 Å². The molecule has 0 radical (unpaired) electrons. The number of carbonyl (C=O) groups excluding carboxylic acids is 1. The molecule has 2 aliphatic heterocycles. The van der Waals surface area contributed by atoms with Gasteiger partial charge in [-0.3, -0.25) is 9.69 Å². The highest BCUT2D eigenvalue weighted by Gasteiger charge is 2.50. The Kier molecular flexibility index (Phi) is 6.43. The van der Waals surface area contributed by atoms with Gasteiger partial charge in [0.15, 0.2) is 0 Å². The maximum absolute atomic E-state index is 12.4. The summed E-state index contributed by atoms with van der Waals surface area (Å²) in [5.41, 5.74) is 4.33. The molecule has 4 nitrogen and oxygen atoms in total. The SMILES string of the molecule is CC(C)c1cccc(C(C)C)c1N1CCN(CC[C@H]2CC3(CCCC3)C(=O)O2)CC1. The number of anilines is 1. The van der Waals surface area contributed by atoms with E-state index < -0.39 is 0 Å². The van der Waals surface area contributed by atoms with Gasteiger partial charge in [-0.15, -0.1) is 0 Å². The zero-order valence-electron chi connectivity index (χ0n) is 19.5. The molecule has 166 valence electrons. The number of hydrogen-bond donors (Lipinski definition) is 0. The fraction of sp³-hybridized carbons (Fsp3) is 0.731. The van der Waals surface area contributed by atoms with E-state index in [4.69, 9.17) is 4.74 Å². The van der Waals surface area contributed by atoms with E-state index in [0.717, 1.165) is 58.4 Å². The van der Waals surface area contributed by atoms with Gasteiger partial charge in [0.1, 0.15) is 6.10 Å². The van der Waals surface area contributed by atoms with E-state index in [1.165, 1.54) is 29.7 Å². The molecule has 1 aromatic carbocycles. The van der Waals surface area contributed by atoms with Gasteiger partial charge in [0.2, 0.25) is 0 Å². The van der Waals surface area contributed by atoms with Crippen LogP contribution in [-0.2, 0) is 9.53 Å². The molecule has 2 heterocycles. The number of esters is 1. The predicted octanol–water partition coefficient (Wildman–Crippen LogP) is 5.32. The molecule has 4 heteroatoms. The Bertz CT molecular complexity index is 717. The van der Waals surface area contributed by atoms with Crippen molar-refractivity contribution in [1.29, 1.82) is 0 Å². The standard InChI is InChI=1S/C26H40N2O2/c1-19(2)22-8-7-9-23(20(3)4)24(22)28-16-14-27(15-17-28)13-10-21-18-26(25(29)30-21)11-5-6-12-26/h7-9,19-21H,5-6,10-18H2,1-4H3/t21-/m0/s1. The molecule has 0 N–H and O–H groups in total. The molecule has 0 amide bonds. The first-order valence-electron chi connectivity index (χ1n) is 12.2. The highest BCUT2D eigenvalue weighted by atomic mass is 16.6. The van der Waals surface area contributed by atoms with Crippen LogP contribution in [0.4, 0.5) is 5.69 Å². The Morgan fingerprint density at radius 3 is 2.17 bits per heavy atom. The molecule has 1 atom stereocenters. The average Bonchev–Trinajstić information content (AvgIpc) is 3.33. The van der Waals surface area contributed by atoms with E-state index in [9.17, 15) is 4.79 Å². The van der Waals surface area contributed by atoms with Crippen LogP contribution in [0.1, 0.15) is 89.2 Å². The summed E-state index contributed by atoms with van der Waals surface area (Å²) in [6.07, 6.45) is 6.59. The van der Waals surface area contributed by atoms with Crippen LogP contribution in [0.2, 0.25) is 0 Å². The van der Waals surface area contributed by atoms with E-state index in [2.05, 4.69) is 55.7 Å². The smallest absolute Gasteiger partial charge is 0.312 e. The fourth-order valence-corrected chi connectivity index (χ4v) is 5.86. The molecule has 0 unspecified atom stereocenters. The van der Waals surface area contributed by atoms with Crippen molar-refractivity contribution < 1.29 is 9.53 Å². The molecule has 1 saturated carbocycles. The first-order valence-corrected chi connectivity index (χ1v) is 12.2. The van der Waals surface area contributed by atoms with Crippen molar-refractivity contribution in [1.82, 2.24) is 4.90 Å². The van der Waals surface area contributed by atoms with Gasteiger partial charge in [0.05, 0.1) is 5.41 Å². The zero-order chi connectivity index (χ0) is 21.3. The number of rotatable bonds is 6. The summed E-state index contributed by atoms with van der Waals surface area (Å²) in [5, 5.41) is 0. The Hall–Kier alpha value is -1.55. The lowest BCUT2D eigenvalue weighted by molar-refractivity contribution is -0.148. The summed E-state index contributed by atoms with van der Waals surface area (Å²) in [4.78, 5) is 17.6. The summed E-state index contributed by atoms with van der Waals surface area (Å²) >= 11 is 0. The topological polar surface area (TPSA) is 32.8 Å². The lowest BCUT2D eigenvalue weighted by atomic mass is 9.83. The zero-order valence-corrected chi connectivity index (χ0v) is 19.5. The Morgan fingerprint density at radius 1 is 1.00 bits per heavy atom. The maximum Gasteiger partial charge on any atom is 0.312 e. The quantitative estimate of drug-likeness (QED) is 0.592. The number of benzene rings is 1. The molecule has 0 aromatic heterocycles. The lowest BCUT2D eigenvalue weighted by Crippen LogP contribution is -2.47. The van der Waals surface area contributed by atoms with E-state index in [-0.39, 0.29) is 17.5 Å². The van der Waals surface area contributed by atoms with Gasteiger partial charge in [0.25, 0.3) is 0 Å². The second-order valence-electron chi connectivity index (χ2n) is 10.4. The summed E-state index contributed by atoms with van der Waals surface area (Å²) in [6.45, 7) is 14.6. The van der Waals surface area contributed by atoms with Gasteiger partial charge >= 0.3 is 5.97 Å². The van der Waals surface area contributed by atoms with Crippen molar-refractivity contribution in [3.8, 4) is 0 Å². The van der Waals surface area contributed by atoms with E-state index in [1.54, 1.807) is 0 Å². The average molecular weight is 413 g/mol. The fourth-order valence-electron chi connectivity index (χ4n) is 5.86. The molecule has 3 aliphatic rings. The first-order chi connectivity index (χ1) is 14.4. The summed E-state index contributed by atoms with van der Waals surface area (Å²) in [5.74, 6) is 1.18. The molecule has 30 heavy (non-hydrogen) atoms. The van der Waals surface area contributed by atoms with Crippen LogP contribution in [0.25, 0.3) is 0 Å². The number of cyclic esters (lactones) is 1. The predicted molar refractivity (Wildman–Crippen MR) is 123 cm³/mol. The van der Waals surface area contributed by atoms with Gasteiger partial charge in [0, 0.05) is 44.8 Å². The van der Waals surface area contributed by atoms with Gasteiger partial charge in [-0.1, -0.05) is 58.7 Å². The third-order valence-corrected chi connectivity index (χ3v) is 7.68. The Morgan fingerprint density at radius 2 is 1.60 bits per heavy atom. The van der Waals surface area contributed by atoms with E-state index >= 15 is 0 Å². The molecule has 1 aromatic rings. The van der Waals surface area contributed by atoms with Gasteiger partial charge < -0.3 is 9.64 Å². The maximum atomic E-state index is 12.4. The lowest BCUT2D eigenvalue weighted by Gasteiger charge is -2.39. The van der Waals surface area contributed by atoms with Gasteiger partial charge in [-0.25, -0.2) is 0 Å². The normalized spacial score (nSPS) is 24.4. The summed E-state index contributed by atoms with van der Waals surface area (Å²) < 4.78 is 5.79. The molecule has 1 aliphatic carbocycles. The van der Waals surface area contributed by atoms with Crippen LogP contribution < -0.4 is 4.90 Å². The van der Waals surface area contributed by atoms with Crippen LogP contribution in [0.3, 0.4) is 0 Å². The van der Waals surface area contributed by atoms with Crippen molar-refractivity contribution in [3.63, 3.8) is 0 Å². The van der Waals surface area contributed by atoms with E-state index in [1.807, 2.05) is 0 Å². The molecular weight excluding hydrogens is 372 g/mol. The van der Waals surface area contributed by atoms with Crippen molar-refractivity contribution >= 4 is 11.7 Å². The number of piperazine rings is 1. The summed E-state index contributed by atoms with van der Waals surface area (Å²) in [6, 6.07) is 6.85. The molecule has 2 saturated heterocycles. The van der Waals surface area contributed by atoms with Crippen molar-refractivity contribution in [2.24, 2.45) is 5.41 Å². The minimum absolute atomic E-state index is 0.0985. The minimum Gasteiger partial charge on any atom is -0.462 e. The monoisotopic (exact) mass is 412 g/mol. The number of carbonyl (C=O) groups is 1. The molecule has 1 spiro atoms. The largest absolute Gasteiger partial charge is 0.462 e. The number of para-hydroxylation sites is 1. The van der Waals surface area contributed by atoms with Crippen LogP contribution >= 0.6 is 0 Å². The summed E-state index contributed by atoms with van der Waals surface area (Å²) in [7, 11) is 0. The van der Waals surface area contributed by atoms with Crippen LogP contribution in [-0.4, -0.2) is 49.7 Å². The molecule has 0 bridgehead atoms. The second kappa shape index (κ2) is 8.90. The van der Waals surface area contributed by atoms with Gasteiger partial charge in [-0.2, -0.15) is 0 Å². The molecule has 4 rings (SSSR count). The number of nitrogens with zero attached hydrogens (tertiary/aromatic N) is 2. The second-order valence-corrected chi connectivity index (χ2v) is 10.4. The third-order valence-electron chi connectivity index (χ3n) is 7.68. The Balaban J connectivity index is 1.33. The number of ether oxygens (including phenoxy) is 1. The van der Waals surface area contributed by atoms with Crippen LogP contribution in [0.5, 0.6) is 0 Å². The van der Waals surface area contributed by atoms with Gasteiger partial charge in [-0.05, 0) is 42.2 Å². The number of hydrogen-bond acceptors (Lipinski definition) is 4. The van der Waals surface area contributed by atoms with Crippen molar-refractivity contribution in [2.45, 2.75) is 84.2 Å². The van der Waals surface area contributed by atoms with E-state index in [0.29, 0.717) is 11.8 Å². The Labute approximate surface area is 183 Å². The van der Waals surface area contributed by atoms with Crippen LogP contribution in [0.15, 0.2) is 18.2 Å². The first kappa shape index (κ1) is 21.7. The molecule has 3 fully saturated rings.